The van der Waals surface area contributed by atoms with Gasteiger partial charge in [-0.3, -0.25) is 9.13 Å². The summed E-state index contributed by atoms with van der Waals surface area (Å²) in [6.45, 7) is 0. The van der Waals surface area contributed by atoms with E-state index in [1.165, 1.54) is 114 Å². The van der Waals surface area contributed by atoms with E-state index in [9.17, 15) is 0 Å². The first kappa shape index (κ1) is 62.1. The van der Waals surface area contributed by atoms with Crippen LogP contribution < -0.4 is 0 Å². The predicted octanol–water partition coefficient (Wildman–Crippen LogP) is 25.8. The molecule has 7 nitrogen and oxygen atoms in total. The van der Waals surface area contributed by atoms with Crippen LogP contribution in [0.4, 0.5) is 0 Å². The van der Waals surface area contributed by atoms with Crippen molar-refractivity contribution in [3.63, 3.8) is 0 Å². The van der Waals surface area contributed by atoms with Crippen molar-refractivity contribution in [1.29, 1.82) is 0 Å². The first-order valence-corrected chi connectivity index (χ1v) is 38.3. The maximum absolute atomic E-state index is 6.65. The van der Waals surface area contributed by atoms with Gasteiger partial charge >= 0.3 is 0 Å². The molecule has 0 fully saturated rings. The average Bonchev–Trinajstić information content (AvgIpc) is 1.54. The molecule has 8 heteroatoms. The second-order valence-electron chi connectivity index (χ2n) is 29.0. The second kappa shape index (κ2) is 24.2. The zero-order valence-corrected chi connectivity index (χ0v) is 60.1. The molecule has 0 saturated heterocycles. The fourth-order valence-corrected chi connectivity index (χ4v) is 19.9. The van der Waals surface area contributed by atoms with Gasteiger partial charge in [-0.1, -0.05) is 322 Å². The maximum atomic E-state index is 6.65. The summed E-state index contributed by atoms with van der Waals surface area (Å²) in [7, 11) is 0. The van der Waals surface area contributed by atoms with E-state index >= 15 is 0 Å². The number of aromatic nitrogens is 6. The fourth-order valence-electron chi connectivity index (χ4n) is 18.8. The van der Waals surface area contributed by atoms with Crippen LogP contribution in [-0.2, 0) is 10.8 Å². The highest BCUT2D eigenvalue weighted by molar-refractivity contribution is 7.25. The van der Waals surface area contributed by atoms with Crippen molar-refractivity contribution in [1.82, 2.24) is 29.1 Å². The molecule has 6 aromatic heterocycles. The Kier molecular flexibility index (Phi) is 13.6. The average molecular weight is 1420 g/mol. The lowest BCUT2D eigenvalue weighted by atomic mass is 9.67. The highest BCUT2D eigenvalue weighted by atomic mass is 32.1. The van der Waals surface area contributed by atoms with Gasteiger partial charge in [0.15, 0.2) is 23.3 Å². The molecule has 0 aliphatic heterocycles. The summed E-state index contributed by atoms with van der Waals surface area (Å²) in [5, 5.41) is 13.7. The molecular formula is C102H62N6OS. The standard InChI is InChI=1S/C51H31N3O.C51H31N3S/c1-3-18-34(19-4-1)51(35-20-5-2-6-21-35)41-26-12-9-23-37(41)46-39(25-15-27-42(46)51)48-52-49(47-38-24-11-14-29-45(38)55-50(47)53-48)54-43-28-13-10-22-36(43)40-30-32-16-7-8-17-33(32)31-44(40)54;1-3-17-35(18-4-1)51(36-19-5-2-6-20-36)42-24-12-9-21-37(42)40-30-34(27-28-43(40)51)48-52-49(47-39-23-11-14-26-46(39)55-50(47)53-48)54-44-25-13-10-22-38(44)41-29-32-15-7-8-16-33(32)31-45(41)54/h2*1-31H. The number of furan rings is 1. The van der Waals surface area contributed by atoms with Crippen LogP contribution in [-0.4, -0.2) is 29.1 Å². The fraction of sp³-hybridized carbons (Fsp3) is 0.0196. The molecular weight excluding hydrogens is 1360 g/mol. The summed E-state index contributed by atoms with van der Waals surface area (Å²) in [6, 6.07) is 136. The maximum Gasteiger partial charge on any atom is 0.233 e. The number of para-hydroxylation sites is 3. The molecule has 0 radical (unpaired) electrons. The van der Waals surface area contributed by atoms with E-state index in [0.29, 0.717) is 11.5 Å². The normalized spacial score (nSPS) is 13.2. The van der Waals surface area contributed by atoms with Crippen molar-refractivity contribution in [2.24, 2.45) is 0 Å². The van der Waals surface area contributed by atoms with Crippen LogP contribution >= 0.6 is 11.3 Å². The van der Waals surface area contributed by atoms with Gasteiger partial charge in [0.05, 0.1) is 43.7 Å². The Balaban J connectivity index is 0.000000132. The highest BCUT2D eigenvalue weighted by Crippen LogP contribution is 2.60. The summed E-state index contributed by atoms with van der Waals surface area (Å²) >= 11 is 1.74. The van der Waals surface area contributed by atoms with E-state index < -0.39 is 10.8 Å². The zero-order chi connectivity index (χ0) is 72.2. The molecule has 0 unspecified atom stereocenters. The number of hydrogen-bond acceptors (Lipinski definition) is 6. The molecule has 0 atom stereocenters. The minimum atomic E-state index is -0.537. The number of benzene rings is 16. The first-order valence-electron chi connectivity index (χ1n) is 37.5. The molecule has 0 saturated carbocycles. The number of fused-ring (bicyclic) bond motifs is 20. The summed E-state index contributed by atoms with van der Waals surface area (Å²) in [6.07, 6.45) is 0. The van der Waals surface area contributed by atoms with Crippen molar-refractivity contribution in [2.45, 2.75) is 10.8 Å². The number of nitrogens with zero attached hydrogens (tertiary/aromatic N) is 6. The van der Waals surface area contributed by atoms with Crippen molar-refractivity contribution in [2.75, 3.05) is 0 Å². The van der Waals surface area contributed by atoms with Crippen molar-refractivity contribution < 1.29 is 4.42 Å². The molecule has 2 aliphatic rings. The second-order valence-corrected chi connectivity index (χ2v) is 30.0. The minimum Gasteiger partial charge on any atom is -0.437 e. The Hall–Kier alpha value is -14.2. The Bertz CT molecular complexity index is 7460. The molecule has 2 aliphatic carbocycles. The Morgan fingerprint density at radius 2 is 0.709 bits per heavy atom. The molecule has 0 spiro atoms. The summed E-state index contributed by atoms with van der Waals surface area (Å²) in [5.41, 5.74) is 21.5. The minimum absolute atomic E-state index is 0.458. The van der Waals surface area contributed by atoms with Gasteiger partial charge in [-0.15, -0.1) is 11.3 Å². The van der Waals surface area contributed by atoms with Gasteiger partial charge in [-0.05, 0) is 143 Å². The molecule has 0 amide bonds. The molecule has 24 rings (SSSR count). The van der Waals surface area contributed by atoms with Gasteiger partial charge in [-0.25, -0.2) is 15.0 Å². The SMILES string of the molecule is c1ccc(C2(c3ccccc3)c3ccccc3-c3c(-c4nc(-n5c6ccccc6c6cc7ccccc7cc65)c5c(n4)oc4ccccc45)cccc32)cc1.c1ccc(C2(c3ccccc3)c3ccccc3-c3cc(-c4nc(-n5c6ccccc6c6cc7ccccc7cc65)c5c(n4)sc4ccccc45)ccc32)cc1. The molecule has 16 aromatic carbocycles. The van der Waals surface area contributed by atoms with E-state index in [1.54, 1.807) is 11.3 Å². The van der Waals surface area contributed by atoms with E-state index in [-0.39, 0.29) is 0 Å². The van der Waals surface area contributed by atoms with Crippen LogP contribution in [0.25, 0.3) is 164 Å². The number of rotatable bonds is 8. The van der Waals surface area contributed by atoms with E-state index in [1.807, 2.05) is 12.1 Å². The van der Waals surface area contributed by atoms with Crippen LogP contribution in [0.15, 0.2) is 381 Å². The predicted molar refractivity (Wildman–Crippen MR) is 453 cm³/mol. The van der Waals surface area contributed by atoms with Crippen molar-refractivity contribution in [3.8, 4) is 56.7 Å². The van der Waals surface area contributed by atoms with Gasteiger partial charge in [-0.2, -0.15) is 4.98 Å². The highest BCUT2D eigenvalue weighted by Gasteiger charge is 2.48. The van der Waals surface area contributed by atoms with Crippen LogP contribution in [0.2, 0.25) is 0 Å². The molecule has 512 valence electrons. The molecule has 0 N–H and O–H groups in total. The largest absolute Gasteiger partial charge is 0.437 e. The Labute approximate surface area is 636 Å². The molecule has 6 heterocycles. The van der Waals surface area contributed by atoms with E-state index in [2.05, 4.69) is 373 Å². The quantitative estimate of drug-likeness (QED) is 0.152. The third-order valence-electron chi connectivity index (χ3n) is 23.4. The smallest absolute Gasteiger partial charge is 0.233 e. The third-order valence-corrected chi connectivity index (χ3v) is 24.4. The molecule has 22 aromatic rings. The number of hydrogen-bond donors (Lipinski definition) is 0. The lowest BCUT2D eigenvalue weighted by Crippen LogP contribution is -2.28. The monoisotopic (exact) mass is 1420 g/mol. The van der Waals surface area contributed by atoms with Crippen LogP contribution in [0.5, 0.6) is 0 Å². The van der Waals surface area contributed by atoms with Crippen molar-refractivity contribution in [3.05, 3.63) is 421 Å². The summed E-state index contributed by atoms with van der Waals surface area (Å²) < 4.78 is 12.6. The zero-order valence-electron chi connectivity index (χ0n) is 59.3. The van der Waals surface area contributed by atoms with Gasteiger partial charge < -0.3 is 4.42 Å². The van der Waals surface area contributed by atoms with E-state index in [0.717, 1.165) is 82.8 Å². The lowest BCUT2D eigenvalue weighted by Gasteiger charge is -2.33. The van der Waals surface area contributed by atoms with Gasteiger partial charge in [0.25, 0.3) is 0 Å². The van der Waals surface area contributed by atoms with Crippen LogP contribution in [0.3, 0.4) is 0 Å². The number of thiophene rings is 1. The summed E-state index contributed by atoms with van der Waals surface area (Å²) in [4.78, 5) is 23.0. The van der Waals surface area contributed by atoms with Crippen molar-refractivity contribution >= 4 is 119 Å². The first-order chi connectivity index (χ1) is 54.6. The topological polar surface area (TPSA) is 74.6 Å². The van der Waals surface area contributed by atoms with Crippen LogP contribution in [0, 0.1) is 0 Å². The molecule has 0 bridgehead atoms. The Morgan fingerprint density at radius 3 is 1.31 bits per heavy atom. The third kappa shape index (κ3) is 8.93. The van der Waals surface area contributed by atoms with Gasteiger partial charge in [0, 0.05) is 48.1 Å². The van der Waals surface area contributed by atoms with Crippen LogP contribution in [0.1, 0.15) is 44.5 Å². The Morgan fingerprint density at radius 1 is 0.273 bits per heavy atom. The summed E-state index contributed by atoms with van der Waals surface area (Å²) in [5.74, 6) is 3.05. The lowest BCUT2D eigenvalue weighted by molar-refractivity contribution is 0.653. The van der Waals surface area contributed by atoms with E-state index in [4.69, 9.17) is 24.4 Å². The molecule has 110 heavy (non-hydrogen) atoms. The van der Waals surface area contributed by atoms with Gasteiger partial charge in [0.2, 0.25) is 5.71 Å². The van der Waals surface area contributed by atoms with Gasteiger partial charge in [0.1, 0.15) is 10.4 Å².